The van der Waals surface area contributed by atoms with Crippen molar-refractivity contribution in [1.29, 1.82) is 0 Å². The summed E-state index contributed by atoms with van der Waals surface area (Å²) >= 11 is 1.54. The van der Waals surface area contributed by atoms with E-state index in [9.17, 15) is 10.1 Å². The lowest BCUT2D eigenvalue weighted by Gasteiger charge is -2.22. The molecule has 0 spiro atoms. The van der Waals surface area contributed by atoms with Gasteiger partial charge in [0, 0.05) is 18.7 Å². The van der Waals surface area contributed by atoms with Crippen LogP contribution in [-0.2, 0) is 0 Å². The summed E-state index contributed by atoms with van der Waals surface area (Å²) in [6.45, 7) is 3.06. The normalized spacial score (nSPS) is 19.1. The Bertz CT molecular complexity index is 622. The number of fused-ring (bicyclic) bond motifs is 1. The highest BCUT2D eigenvalue weighted by molar-refractivity contribution is 7.22. The van der Waals surface area contributed by atoms with E-state index in [2.05, 4.69) is 15.6 Å². The van der Waals surface area contributed by atoms with Crippen molar-refractivity contribution in [3.63, 3.8) is 0 Å². The summed E-state index contributed by atoms with van der Waals surface area (Å²) in [6, 6.07) is 4.81. The highest BCUT2D eigenvalue weighted by atomic mass is 32.1. The lowest BCUT2D eigenvalue weighted by atomic mass is 10.00. The SMILES string of the molecule is O=[N+]([O-])c1ccc2sc(NC[C@H]3CCCNC3)nc2c1. The summed E-state index contributed by atoms with van der Waals surface area (Å²) in [4.78, 5) is 14.8. The van der Waals surface area contributed by atoms with Crippen LogP contribution in [0.5, 0.6) is 0 Å². The number of nitrogens with one attached hydrogen (secondary N) is 2. The number of hydrogen-bond acceptors (Lipinski definition) is 6. The molecule has 0 saturated carbocycles. The molecular weight excluding hydrogens is 276 g/mol. The van der Waals surface area contributed by atoms with Crippen LogP contribution < -0.4 is 10.6 Å². The molecule has 3 rings (SSSR count). The second kappa shape index (κ2) is 5.72. The van der Waals surface area contributed by atoms with Gasteiger partial charge in [-0.2, -0.15) is 0 Å². The fourth-order valence-electron chi connectivity index (χ4n) is 2.43. The zero-order valence-electron chi connectivity index (χ0n) is 11.0. The maximum Gasteiger partial charge on any atom is 0.271 e. The largest absolute Gasteiger partial charge is 0.361 e. The number of nitro groups is 1. The average Bonchev–Trinajstić information content (AvgIpc) is 2.88. The number of non-ortho nitro benzene ring substituents is 1. The highest BCUT2D eigenvalue weighted by Crippen LogP contribution is 2.29. The van der Waals surface area contributed by atoms with E-state index in [1.54, 1.807) is 17.4 Å². The first-order valence-corrected chi connectivity index (χ1v) is 7.53. The van der Waals surface area contributed by atoms with Gasteiger partial charge in [-0.3, -0.25) is 10.1 Å². The average molecular weight is 292 g/mol. The van der Waals surface area contributed by atoms with Crippen LogP contribution in [0.15, 0.2) is 18.2 Å². The molecule has 1 fully saturated rings. The molecule has 106 valence electrons. The Kier molecular flexibility index (Phi) is 3.79. The minimum atomic E-state index is -0.389. The van der Waals surface area contributed by atoms with E-state index in [1.807, 2.05) is 0 Å². The van der Waals surface area contributed by atoms with Gasteiger partial charge < -0.3 is 10.6 Å². The Morgan fingerprint density at radius 3 is 3.20 bits per heavy atom. The monoisotopic (exact) mass is 292 g/mol. The molecule has 2 heterocycles. The Hall–Kier alpha value is -1.73. The lowest BCUT2D eigenvalue weighted by molar-refractivity contribution is -0.384. The quantitative estimate of drug-likeness (QED) is 0.669. The van der Waals surface area contributed by atoms with E-state index >= 15 is 0 Å². The smallest absolute Gasteiger partial charge is 0.271 e. The molecule has 0 amide bonds. The van der Waals surface area contributed by atoms with Crippen molar-refractivity contribution in [1.82, 2.24) is 10.3 Å². The van der Waals surface area contributed by atoms with E-state index in [-0.39, 0.29) is 10.6 Å². The van der Waals surface area contributed by atoms with Crippen LogP contribution in [0.3, 0.4) is 0 Å². The molecule has 1 atom stereocenters. The van der Waals surface area contributed by atoms with Gasteiger partial charge in [0.15, 0.2) is 5.13 Å². The predicted octanol–water partition coefficient (Wildman–Crippen LogP) is 2.62. The fraction of sp³-hybridized carbons (Fsp3) is 0.462. The molecule has 1 saturated heterocycles. The van der Waals surface area contributed by atoms with Gasteiger partial charge in [-0.05, 0) is 37.9 Å². The molecule has 0 radical (unpaired) electrons. The van der Waals surface area contributed by atoms with Crippen LogP contribution in [0.2, 0.25) is 0 Å². The Balaban J connectivity index is 1.70. The Morgan fingerprint density at radius 1 is 1.55 bits per heavy atom. The maximum absolute atomic E-state index is 10.7. The number of benzene rings is 1. The van der Waals surface area contributed by atoms with Crippen molar-refractivity contribution in [2.45, 2.75) is 12.8 Å². The van der Waals surface area contributed by atoms with Gasteiger partial charge in [0.25, 0.3) is 5.69 Å². The first kappa shape index (κ1) is 13.3. The lowest BCUT2D eigenvalue weighted by Crippen LogP contribution is -2.33. The molecule has 0 aliphatic carbocycles. The fourth-order valence-corrected chi connectivity index (χ4v) is 3.29. The number of piperidine rings is 1. The number of hydrogen-bond donors (Lipinski definition) is 2. The first-order valence-electron chi connectivity index (χ1n) is 6.72. The van der Waals surface area contributed by atoms with Gasteiger partial charge in [0.05, 0.1) is 15.1 Å². The number of rotatable bonds is 4. The number of nitrogens with zero attached hydrogens (tertiary/aromatic N) is 2. The highest BCUT2D eigenvalue weighted by Gasteiger charge is 2.14. The minimum absolute atomic E-state index is 0.0887. The van der Waals surface area contributed by atoms with Crippen LogP contribution in [0.4, 0.5) is 10.8 Å². The van der Waals surface area contributed by atoms with Crippen molar-refractivity contribution in [2.24, 2.45) is 5.92 Å². The van der Waals surface area contributed by atoms with Crippen molar-refractivity contribution in [3.8, 4) is 0 Å². The number of thiazole rings is 1. The molecule has 0 bridgehead atoms. The first-order chi connectivity index (χ1) is 9.72. The molecule has 2 aromatic rings. The molecule has 1 aliphatic heterocycles. The third-order valence-corrected chi connectivity index (χ3v) is 4.52. The zero-order chi connectivity index (χ0) is 13.9. The molecule has 20 heavy (non-hydrogen) atoms. The molecule has 1 aromatic heterocycles. The van der Waals surface area contributed by atoms with Crippen molar-refractivity contribution >= 4 is 32.4 Å². The second-order valence-corrected chi connectivity index (χ2v) is 6.05. The molecule has 2 N–H and O–H groups in total. The molecule has 1 aromatic carbocycles. The molecule has 6 nitrogen and oxygen atoms in total. The zero-order valence-corrected chi connectivity index (χ0v) is 11.8. The Morgan fingerprint density at radius 2 is 2.45 bits per heavy atom. The summed E-state index contributed by atoms with van der Waals surface area (Å²) in [6.07, 6.45) is 2.45. The summed E-state index contributed by atoms with van der Waals surface area (Å²) in [5, 5.41) is 18.3. The Labute approximate surface area is 120 Å². The van der Waals surface area contributed by atoms with Crippen LogP contribution in [0, 0.1) is 16.0 Å². The van der Waals surface area contributed by atoms with Gasteiger partial charge in [-0.1, -0.05) is 11.3 Å². The molecule has 0 unspecified atom stereocenters. The standard InChI is InChI=1S/C13H16N4O2S/c18-17(19)10-3-4-12-11(6-10)16-13(20-12)15-8-9-2-1-5-14-7-9/h3-4,6,9,14H,1-2,5,7-8H2,(H,15,16)/t9-/m0/s1. The minimum Gasteiger partial charge on any atom is -0.361 e. The van der Waals surface area contributed by atoms with E-state index in [1.165, 1.54) is 25.0 Å². The third-order valence-electron chi connectivity index (χ3n) is 3.52. The van der Waals surface area contributed by atoms with Crippen molar-refractivity contribution in [2.75, 3.05) is 25.0 Å². The van der Waals surface area contributed by atoms with Crippen LogP contribution in [0.1, 0.15) is 12.8 Å². The van der Waals surface area contributed by atoms with Gasteiger partial charge >= 0.3 is 0 Å². The van der Waals surface area contributed by atoms with E-state index in [0.717, 1.165) is 29.5 Å². The summed E-state index contributed by atoms with van der Waals surface area (Å²) < 4.78 is 0.972. The van der Waals surface area contributed by atoms with Gasteiger partial charge in [-0.15, -0.1) is 0 Å². The van der Waals surface area contributed by atoms with E-state index in [0.29, 0.717) is 11.4 Å². The van der Waals surface area contributed by atoms with Crippen molar-refractivity contribution < 1.29 is 4.92 Å². The second-order valence-electron chi connectivity index (χ2n) is 5.02. The van der Waals surface area contributed by atoms with Crippen LogP contribution in [0.25, 0.3) is 10.2 Å². The van der Waals surface area contributed by atoms with Crippen LogP contribution >= 0.6 is 11.3 Å². The van der Waals surface area contributed by atoms with Crippen molar-refractivity contribution in [3.05, 3.63) is 28.3 Å². The summed E-state index contributed by atoms with van der Waals surface area (Å²) in [5.74, 6) is 0.630. The number of aromatic nitrogens is 1. The summed E-state index contributed by atoms with van der Waals surface area (Å²) in [7, 11) is 0. The topological polar surface area (TPSA) is 80.1 Å². The summed E-state index contributed by atoms with van der Waals surface area (Å²) in [5.41, 5.74) is 0.777. The van der Waals surface area contributed by atoms with E-state index < -0.39 is 0 Å². The maximum atomic E-state index is 10.7. The predicted molar refractivity (Wildman–Crippen MR) is 80.4 cm³/mol. The molecular formula is C13H16N4O2S. The third kappa shape index (κ3) is 2.88. The molecule has 1 aliphatic rings. The number of nitro benzene ring substituents is 1. The van der Waals surface area contributed by atoms with Gasteiger partial charge in [0.1, 0.15) is 0 Å². The number of anilines is 1. The van der Waals surface area contributed by atoms with Gasteiger partial charge in [0.2, 0.25) is 0 Å². The molecule has 7 heteroatoms. The van der Waals surface area contributed by atoms with Crippen LogP contribution in [-0.4, -0.2) is 29.5 Å². The van der Waals surface area contributed by atoms with Gasteiger partial charge in [-0.25, -0.2) is 4.98 Å². The van der Waals surface area contributed by atoms with E-state index in [4.69, 9.17) is 0 Å².